The summed E-state index contributed by atoms with van der Waals surface area (Å²) in [4.78, 5) is 36.7. The number of piperidine rings is 1. The van der Waals surface area contributed by atoms with Crippen molar-refractivity contribution in [2.45, 2.75) is 78.4 Å². The number of rotatable bonds is 10. The van der Waals surface area contributed by atoms with Crippen molar-refractivity contribution in [2.24, 2.45) is 5.92 Å². The minimum atomic E-state index is -1.08. The molecule has 0 radical (unpaired) electrons. The fourth-order valence-corrected chi connectivity index (χ4v) is 5.16. The van der Waals surface area contributed by atoms with Crippen molar-refractivity contribution in [3.63, 3.8) is 0 Å². The smallest absolute Gasteiger partial charge is 0.326 e. The number of carbonyl (C=O) groups excluding carboxylic acids is 1. The third-order valence-electron chi connectivity index (χ3n) is 7.72. The Bertz CT molecular complexity index is 1330. The van der Waals surface area contributed by atoms with Gasteiger partial charge in [0, 0.05) is 25.2 Å². The summed E-state index contributed by atoms with van der Waals surface area (Å²) in [6, 6.07) is 17.5. The Morgan fingerprint density at radius 3 is 2.29 bits per heavy atom. The van der Waals surface area contributed by atoms with Crippen LogP contribution in [0.2, 0.25) is 0 Å². The van der Waals surface area contributed by atoms with Gasteiger partial charge in [-0.3, -0.25) is 4.79 Å². The van der Waals surface area contributed by atoms with Gasteiger partial charge >= 0.3 is 5.97 Å². The summed E-state index contributed by atoms with van der Waals surface area (Å²) >= 11 is 0. The predicted molar refractivity (Wildman–Crippen MR) is 161 cm³/mol. The molecule has 1 aliphatic rings. The lowest BCUT2D eigenvalue weighted by molar-refractivity contribution is -0.139. The maximum absolute atomic E-state index is 13.3. The first-order chi connectivity index (χ1) is 19.5. The summed E-state index contributed by atoms with van der Waals surface area (Å²) < 4.78 is 6.05. The maximum atomic E-state index is 13.3. The topological polar surface area (TPSA) is 105 Å². The van der Waals surface area contributed by atoms with Crippen LogP contribution < -0.4 is 15.0 Å². The van der Waals surface area contributed by atoms with Crippen LogP contribution >= 0.6 is 0 Å². The van der Waals surface area contributed by atoms with Crippen molar-refractivity contribution in [1.29, 1.82) is 0 Å². The minimum absolute atomic E-state index is 0.0829. The molecule has 2 aromatic carbocycles. The summed E-state index contributed by atoms with van der Waals surface area (Å²) in [7, 11) is 0. The molecule has 1 amide bonds. The van der Waals surface area contributed by atoms with Gasteiger partial charge in [0.25, 0.3) is 5.91 Å². The van der Waals surface area contributed by atoms with Crippen LogP contribution in [0.1, 0.15) is 80.1 Å². The first kappa shape index (κ1) is 30.0. The monoisotopic (exact) mass is 558 g/mol. The number of nitrogens with zero attached hydrogens (tertiary/aromatic N) is 3. The van der Waals surface area contributed by atoms with E-state index < -0.39 is 17.9 Å². The number of nitrogens with one attached hydrogen (secondary N) is 1. The van der Waals surface area contributed by atoms with Gasteiger partial charge in [0.1, 0.15) is 18.5 Å². The van der Waals surface area contributed by atoms with Gasteiger partial charge in [0.15, 0.2) is 11.4 Å². The van der Waals surface area contributed by atoms with Gasteiger partial charge in [-0.2, -0.15) is 0 Å². The van der Waals surface area contributed by atoms with E-state index in [2.05, 4.69) is 60.2 Å². The largest absolute Gasteiger partial charge is 0.485 e. The van der Waals surface area contributed by atoms with E-state index in [4.69, 9.17) is 9.72 Å². The van der Waals surface area contributed by atoms with Crippen molar-refractivity contribution >= 4 is 17.6 Å². The number of hydrogen-bond donors (Lipinski definition) is 2. The zero-order valence-corrected chi connectivity index (χ0v) is 24.8. The SMILES string of the molecule is CCC(NC(=O)c1nc(CC2CCN(c3ccc(C(C)(C)C)cc3)CC2)nc(C)c1OCc1ccccc1)C(=O)O. The molecule has 0 spiro atoms. The molecule has 4 rings (SSSR count). The molecule has 41 heavy (non-hydrogen) atoms. The molecule has 0 aliphatic carbocycles. The second kappa shape index (κ2) is 13.1. The molecule has 1 saturated heterocycles. The number of benzene rings is 2. The van der Waals surface area contributed by atoms with E-state index in [0.29, 0.717) is 23.9 Å². The quantitative estimate of drug-likeness (QED) is 0.328. The Morgan fingerprint density at radius 2 is 1.71 bits per heavy atom. The Labute approximate surface area is 243 Å². The van der Waals surface area contributed by atoms with Gasteiger partial charge in [0.05, 0.1) is 5.69 Å². The number of aliphatic carboxylic acids is 1. The summed E-state index contributed by atoms with van der Waals surface area (Å²) in [6.45, 7) is 12.3. The Kier molecular flexibility index (Phi) is 9.63. The van der Waals surface area contributed by atoms with Crippen molar-refractivity contribution in [1.82, 2.24) is 15.3 Å². The van der Waals surface area contributed by atoms with Gasteiger partial charge in [-0.1, -0.05) is 70.2 Å². The van der Waals surface area contributed by atoms with E-state index in [0.717, 1.165) is 31.5 Å². The highest BCUT2D eigenvalue weighted by Crippen LogP contribution is 2.29. The molecular weight excluding hydrogens is 516 g/mol. The van der Waals surface area contributed by atoms with Gasteiger partial charge in [-0.25, -0.2) is 14.8 Å². The number of ether oxygens (including phenoxy) is 1. The number of aryl methyl sites for hydroxylation is 1. The normalized spacial score (nSPS) is 14.9. The molecule has 1 fully saturated rings. The molecule has 1 aliphatic heterocycles. The molecule has 1 atom stereocenters. The van der Waals surface area contributed by atoms with E-state index in [1.54, 1.807) is 13.8 Å². The molecule has 2 N–H and O–H groups in total. The fraction of sp³-hybridized carbons (Fsp3) is 0.455. The average molecular weight is 559 g/mol. The third kappa shape index (κ3) is 7.84. The van der Waals surface area contributed by atoms with Crippen LogP contribution in [0.4, 0.5) is 5.69 Å². The number of anilines is 1. The molecule has 1 unspecified atom stereocenters. The van der Waals surface area contributed by atoms with Crippen LogP contribution in [0.25, 0.3) is 0 Å². The number of carboxylic acids is 1. The summed E-state index contributed by atoms with van der Waals surface area (Å²) in [5, 5.41) is 12.1. The summed E-state index contributed by atoms with van der Waals surface area (Å²) in [6.07, 6.45) is 2.89. The van der Waals surface area contributed by atoms with Gasteiger partial charge in [0.2, 0.25) is 0 Å². The molecule has 218 valence electrons. The molecule has 0 saturated carbocycles. The Balaban J connectivity index is 1.48. The Morgan fingerprint density at radius 1 is 1.05 bits per heavy atom. The van der Waals surface area contributed by atoms with Crippen LogP contribution in [-0.2, 0) is 23.2 Å². The highest BCUT2D eigenvalue weighted by atomic mass is 16.5. The maximum Gasteiger partial charge on any atom is 0.326 e. The molecule has 0 bridgehead atoms. The lowest BCUT2D eigenvalue weighted by atomic mass is 9.87. The lowest BCUT2D eigenvalue weighted by Crippen LogP contribution is -2.41. The highest BCUT2D eigenvalue weighted by Gasteiger charge is 2.27. The van der Waals surface area contributed by atoms with Crippen molar-refractivity contribution < 1.29 is 19.4 Å². The van der Waals surface area contributed by atoms with Gasteiger partial charge in [-0.15, -0.1) is 0 Å². The Hall–Kier alpha value is -3.94. The molecule has 8 heteroatoms. The predicted octanol–water partition coefficient (Wildman–Crippen LogP) is 5.71. The summed E-state index contributed by atoms with van der Waals surface area (Å²) in [5.41, 5.74) is 4.29. The van der Waals surface area contributed by atoms with E-state index in [1.807, 2.05) is 30.3 Å². The van der Waals surface area contributed by atoms with Crippen LogP contribution in [0.5, 0.6) is 5.75 Å². The first-order valence-corrected chi connectivity index (χ1v) is 14.5. The molecule has 8 nitrogen and oxygen atoms in total. The average Bonchev–Trinajstić information content (AvgIpc) is 2.95. The highest BCUT2D eigenvalue weighted by molar-refractivity contribution is 5.97. The van der Waals surface area contributed by atoms with Crippen LogP contribution in [0.15, 0.2) is 54.6 Å². The van der Waals surface area contributed by atoms with Crippen molar-refractivity contribution in [2.75, 3.05) is 18.0 Å². The molecule has 3 aromatic rings. The van der Waals surface area contributed by atoms with Gasteiger partial charge < -0.3 is 20.1 Å². The van der Waals surface area contributed by atoms with Gasteiger partial charge in [-0.05, 0) is 60.8 Å². The molecule has 2 heterocycles. The van der Waals surface area contributed by atoms with Crippen LogP contribution in [-0.4, -0.2) is 46.1 Å². The number of carboxylic acid groups (broad SMARTS) is 1. The zero-order valence-electron chi connectivity index (χ0n) is 24.8. The fourth-order valence-electron chi connectivity index (χ4n) is 5.16. The second-order valence-corrected chi connectivity index (χ2v) is 11.9. The van der Waals surface area contributed by atoms with E-state index >= 15 is 0 Å². The van der Waals surface area contributed by atoms with Crippen LogP contribution in [0.3, 0.4) is 0 Å². The molecule has 1 aromatic heterocycles. The second-order valence-electron chi connectivity index (χ2n) is 11.9. The lowest BCUT2D eigenvalue weighted by Gasteiger charge is -2.34. The summed E-state index contributed by atoms with van der Waals surface area (Å²) in [5.74, 6) is -0.408. The third-order valence-corrected chi connectivity index (χ3v) is 7.72. The number of aromatic nitrogens is 2. The number of carbonyl (C=O) groups is 2. The van der Waals surface area contributed by atoms with E-state index in [1.165, 1.54) is 11.3 Å². The van der Waals surface area contributed by atoms with E-state index in [9.17, 15) is 14.7 Å². The number of amides is 1. The minimum Gasteiger partial charge on any atom is -0.485 e. The van der Waals surface area contributed by atoms with Crippen molar-refractivity contribution in [3.8, 4) is 5.75 Å². The molecular formula is C33H42N4O4. The van der Waals surface area contributed by atoms with E-state index in [-0.39, 0.29) is 29.9 Å². The number of hydrogen-bond acceptors (Lipinski definition) is 6. The van der Waals surface area contributed by atoms with Crippen molar-refractivity contribution in [3.05, 3.63) is 82.9 Å². The van der Waals surface area contributed by atoms with Crippen LogP contribution in [0, 0.1) is 12.8 Å². The first-order valence-electron chi connectivity index (χ1n) is 14.5. The standard InChI is InChI=1S/C33H42N4O4/c1-6-27(32(39)40)35-31(38)29-30(41-21-24-10-8-7-9-11-24)22(2)34-28(36-29)20-23-16-18-37(19-17-23)26-14-12-25(13-15-26)33(3,4)5/h7-15,23,27H,6,16-21H2,1-5H3,(H,35,38)(H,39,40). The zero-order chi connectivity index (χ0) is 29.6.